The van der Waals surface area contributed by atoms with Gasteiger partial charge in [-0.2, -0.15) is 0 Å². The van der Waals surface area contributed by atoms with Crippen molar-refractivity contribution in [1.29, 1.82) is 0 Å². The topological polar surface area (TPSA) is 149 Å². The smallest absolute Gasteiger partial charge is 0.336 e. The Kier molecular flexibility index (Phi) is 7.03. The second-order valence-electron chi connectivity index (χ2n) is 6.78. The predicted octanol–water partition coefficient (Wildman–Crippen LogP) is 3.46. The van der Waals surface area contributed by atoms with Gasteiger partial charge in [0.15, 0.2) is 0 Å². The van der Waals surface area contributed by atoms with Crippen LogP contribution in [0.5, 0.6) is 0 Å². The number of benzene rings is 2. The third kappa shape index (κ3) is 5.66. The lowest BCUT2D eigenvalue weighted by Crippen LogP contribution is -2.21. The van der Waals surface area contributed by atoms with E-state index in [9.17, 15) is 19.2 Å². The van der Waals surface area contributed by atoms with E-state index in [1.54, 1.807) is 20.8 Å². The zero-order valence-corrected chi connectivity index (χ0v) is 15.5. The minimum atomic E-state index is -1.13. The van der Waals surface area contributed by atoms with Crippen LogP contribution in [0, 0.1) is 0 Å². The predicted molar refractivity (Wildman–Crippen MR) is 99.4 cm³/mol. The normalized spacial score (nSPS) is 10.4. The molecule has 0 saturated carbocycles. The first-order valence-electron chi connectivity index (χ1n) is 8.03. The second-order valence-corrected chi connectivity index (χ2v) is 6.78. The summed E-state index contributed by atoms with van der Waals surface area (Å²) < 4.78 is 0. The van der Waals surface area contributed by atoms with Crippen LogP contribution in [0.3, 0.4) is 0 Å². The summed E-state index contributed by atoms with van der Waals surface area (Å²) >= 11 is 0. The van der Waals surface area contributed by atoms with E-state index >= 15 is 0 Å². The van der Waals surface area contributed by atoms with Gasteiger partial charge in [0, 0.05) is 0 Å². The molecule has 8 nitrogen and oxygen atoms in total. The average molecular weight is 388 g/mol. The molecular weight excluding hydrogens is 368 g/mol. The van der Waals surface area contributed by atoms with Gasteiger partial charge in [0.05, 0.1) is 22.3 Å². The Labute approximate surface area is 160 Å². The third-order valence-electron chi connectivity index (χ3n) is 3.63. The van der Waals surface area contributed by atoms with Crippen LogP contribution in [-0.2, 0) is 5.41 Å². The Balaban J connectivity index is 0.000000292. The van der Waals surface area contributed by atoms with E-state index in [2.05, 4.69) is 0 Å². The average Bonchev–Trinajstić information content (AvgIpc) is 2.60. The number of aromatic carboxylic acids is 4. The fraction of sp³-hybridized carbons (Fsp3) is 0.200. The van der Waals surface area contributed by atoms with E-state index in [1.807, 2.05) is 0 Å². The summed E-state index contributed by atoms with van der Waals surface area (Å²) in [5, 5.41) is 35.1. The molecule has 0 spiro atoms. The van der Waals surface area contributed by atoms with Crippen molar-refractivity contribution >= 4 is 23.9 Å². The van der Waals surface area contributed by atoms with E-state index in [0.717, 1.165) is 6.07 Å². The Morgan fingerprint density at radius 3 is 1.29 bits per heavy atom. The molecule has 2 rings (SSSR count). The van der Waals surface area contributed by atoms with Crippen molar-refractivity contribution in [3.8, 4) is 0 Å². The molecular formula is C20H20O8. The van der Waals surface area contributed by atoms with Crippen molar-refractivity contribution in [1.82, 2.24) is 0 Å². The van der Waals surface area contributed by atoms with Gasteiger partial charge in [0.1, 0.15) is 0 Å². The number of hydrogen-bond acceptors (Lipinski definition) is 4. The van der Waals surface area contributed by atoms with Crippen LogP contribution in [0.1, 0.15) is 67.8 Å². The van der Waals surface area contributed by atoms with Crippen LogP contribution in [0.15, 0.2) is 42.5 Å². The largest absolute Gasteiger partial charge is 0.478 e. The van der Waals surface area contributed by atoms with E-state index < -0.39 is 29.3 Å². The Bertz CT molecular complexity index is 861. The quantitative estimate of drug-likeness (QED) is 0.622. The summed E-state index contributed by atoms with van der Waals surface area (Å²) in [4.78, 5) is 42.9. The summed E-state index contributed by atoms with van der Waals surface area (Å²) in [7, 11) is 0. The van der Waals surface area contributed by atoms with Crippen molar-refractivity contribution in [3.05, 3.63) is 70.3 Å². The molecule has 0 radical (unpaired) electrons. The molecule has 0 saturated heterocycles. The first-order valence-corrected chi connectivity index (χ1v) is 8.03. The molecule has 0 aromatic heterocycles. The third-order valence-corrected chi connectivity index (χ3v) is 3.63. The van der Waals surface area contributed by atoms with Crippen LogP contribution in [0.2, 0.25) is 0 Å². The van der Waals surface area contributed by atoms with Crippen molar-refractivity contribution < 1.29 is 39.6 Å². The summed E-state index contributed by atoms with van der Waals surface area (Å²) in [6.45, 7) is 5.38. The van der Waals surface area contributed by atoms with Gasteiger partial charge in [-0.05, 0) is 41.3 Å². The van der Waals surface area contributed by atoms with Gasteiger partial charge >= 0.3 is 23.9 Å². The molecule has 0 fully saturated rings. The summed E-state index contributed by atoms with van der Waals surface area (Å²) in [5.41, 5.74) is -0.109. The van der Waals surface area contributed by atoms with Gasteiger partial charge in [-0.3, -0.25) is 0 Å². The summed E-state index contributed by atoms with van der Waals surface area (Å²) in [6, 6.07) is 9.49. The Hall–Kier alpha value is -3.68. The van der Waals surface area contributed by atoms with Crippen molar-refractivity contribution in [3.63, 3.8) is 0 Å². The van der Waals surface area contributed by atoms with Crippen LogP contribution in [0.25, 0.3) is 0 Å². The maximum atomic E-state index is 11.1. The molecule has 4 N–H and O–H groups in total. The molecule has 0 aliphatic heterocycles. The fourth-order valence-electron chi connectivity index (χ4n) is 2.50. The maximum absolute atomic E-state index is 11.1. The maximum Gasteiger partial charge on any atom is 0.336 e. The highest BCUT2D eigenvalue weighted by atomic mass is 16.4. The lowest BCUT2D eigenvalue weighted by Gasteiger charge is -2.23. The van der Waals surface area contributed by atoms with E-state index in [4.69, 9.17) is 20.4 Å². The fourth-order valence-corrected chi connectivity index (χ4v) is 2.50. The van der Waals surface area contributed by atoms with Crippen LogP contribution >= 0.6 is 0 Å². The zero-order chi connectivity index (χ0) is 21.6. The van der Waals surface area contributed by atoms with Gasteiger partial charge in [-0.15, -0.1) is 0 Å². The molecule has 148 valence electrons. The molecule has 0 heterocycles. The number of carboxylic acid groups (broad SMARTS) is 4. The lowest BCUT2D eigenvalue weighted by molar-refractivity contribution is 0.0673. The Morgan fingerprint density at radius 1 is 0.643 bits per heavy atom. The highest BCUT2D eigenvalue weighted by Crippen LogP contribution is 2.29. The van der Waals surface area contributed by atoms with Gasteiger partial charge in [0.2, 0.25) is 0 Å². The minimum absolute atomic E-state index is 0.0186. The van der Waals surface area contributed by atoms with E-state index in [1.165, 1.54) is 36.4 Å². The molecule has 0 unspecified atom stereocenters. The number of carbonyl (C=O) groups is 4. The SMILES string of the molecule is CC(C)(C)c1c(C(=O)O)cccc1C(=O)O.O=C(O)c1cccc(C(=O)O)c1. The van der Waals surface area contributed by atoms with Crippen molar-refractivity contribution in [2.24, 2.45) is 0 Å². The zero-order valence-electron chi connectivity index (χ0n) is 15.5. The highest BCUT2D eigenvalue weighted by Gasteiger charge is 2.27. The summed E-state index contributed by atoms with van der Waals surface area (Å²) in [6.07, 6.45) is 0. The summed E-state index contributed by atoms with van der Waals surface area (Å²) in [5.74, 6) is -4.46. The van der Waals surface area contributed by atoms with E-state index in [0.29, 0.717) is 5.56 Å². The molecule has 0 aliphatic rings. The lowest BCUT2D eigenvalue weighted by atomic mass is 9.80. The molecule has 0 amide bonds. The molecule has 0 aliphatic carbocycles. The van der Waals surface area contributed by atoms with Crippen LogP contribution < -0.4 is 0 Å². The molecule has 28 heavy (non-hydrogen) atoms. The van der Waals surface area contributed by atoms with Crippen molar-refractivity contribution in [2.45, 2.75) is 26.2 Å². The van der Waals surface area contributed by atoms with Gasteiger partial charge in [-0.1, -0.05) is 32.9 Å². The van der Waals surface area contributed by atoms with Crippen LogP contribution in [0.4, 0.5) is 0 Å². The molecule has 0 bridgehead atoms. The minimum Gasteiger partial charge on any atom is -0.478 e. The number of carboxylic acids is 4. The van der Waals surface area contributed by atoms with Crippen LogP contribution in [-0.4, -0.2) is 44.3 Å². The molecule has 2 aromatic carbocycles. The highest BCUT2D eigenvalue weighted by molar-refractivity contribution is 5.97. The van der Waals surface area contributed by atoms with Gasteiger partial charge in [-0.25, -0.2) is 19.2 Å². The van der Waals surface area contributed by atoms with Gasteiger partial charge in [0.25, 0.3) is 0 Å². The first kappa shape index (κ1) is 22.4. The molecule has 8 heteroatoms. The molecule has 2 aromatic rings. The Morgan fingerprint density at radius 2 is 1.00 bits per heavy atom. The monoisotopic (exact) mass is 388 g/mol. The molecule has 0 atom stereocenters. The second kappa shape index (κ2) is 8.81. The number of hydrogen-bond donors (Lipinski definition) is 4. The van der Waals surface area contributed by atoms with Crippen molar-refractivity contribution in [2.75, 3.05) is 0 Å². The van der Waals surface area contributed by atoms with Gasteiger partial charge < -0.3 is 20.4 Å². The number of rotatable bonds is 4. The van der Waals surface area contributed by atoms with E-state index in [-0.39, 0.29) is 22.3 Å². The standard InChI is InChI=1S/C12H14O4.C8H6O4/c1-12(2,3)9-7(10(13)14)5-4-6-8(9)11(15)16;9-7(10)5-2-1-3-6(4-5)8(11)12/h4-6H,1-3H3,(H,13,14)(H,15,16);1-4H,(H,9,10)(H,11,12). The first-order chi connectivity index (χ1) is 12.9.